The van der Waals surface area contributed by atoms with E-state index in [2.05, 4.69) is 6.58 Å². The molecular weight excluding hydrogens is 256 g/mol. The van der Waals surface area contributed by atoms with Crippen LogP contribution in [-0.4, -0.2) is 19.9 Å². The minimum absolute atomic E-state index is 0.0544. The van der Waals surface area contributed by atoms with Crippen molar-refractivity contribution in [3.8, 4) is 0 Å². The van der Waals surface area contributed by atoms with Crippen molar-refractivity contribution in [1.82, 2.24) is 0 Å². The van der Waals surface area contributed by atoms with Gasteiger partial charge in [0, 0.05) is 0 Å². The van der Waals surface area contributed by atoms with Crippen molar-refractivity contribution in [3.05, 3.63) is 65.8 Å². The van der Waals surface area contributed by atoms with E-state index in [9.17, 15) is 8.42 Å². The summed E-state index contributed by atoms with van der Waals surface area (Å²) in [5, 5.41) is 0. The highest BCUT2D eigenvalue weighted by Crippen LogP contribution is 2.07. The monoisotopic (exact) mass is 276 g/mol. The van der Waals surface area contributed by atoms with Crippen LogP contribution in [0.3, 0.4) is 0 Å². The first-order valence-electron chi connectivity index (χ1n) is 6.14. The lowest BCUT2D eigenvalue weighted by atomic mass is 10.1. The lowest BCUT2D eigenvalue weighted by Gasteiger charge is -2.00. The molecule has 0 unspecified atom stereocenters. The quantitative estimate of drug-likeness (QED) is 0.587. The van der Waals surface area contributed by atoms with Gasteiger partial charge in [-0.2, -0.15) is 0 Å². The van der Waals surface area contributed by atoms with Gasteiger partial charge in [0.05, 0.1) is 11.5 Å². The summed E-state index contributed by atoms with van der Waals surface area (Å²) in [6.07, 6.45) is 5.54. The first kappa shape index (κ1) is 15.4. The van der Waals surface area contributed by atoms with Crippen molar-refractivity contribution in [3.63, 3.8) is 0 Å². The second-order valence-electron chi connectivity index (χ2n) is 4.71. The molecule has 0 bridgehead atoms. The number of hydrogen-bond donors (Lipinski definition) is 0. The lowest BCUT2D eigenvalue weighted by molar-refractivity contribution is 0.601. The molecule has 0 aliphatic heterocycles. The fourth-order valence-electron chi connectivity index (χ4n) is 1.68. The normalized spacial score (nSPS) is 12.8. The van der Waals surface area contributed by atoms with E-state index in [0.29, 0.717) is 5.57 Å². The van der Waals surface area contributed by atoms with Crippen molar-refractivity contribution < 1.29 is 8.42 Å². The molecule has 2 nitrogen and oxygen atoms in total. The SMILES string of the molecule is C=C(C)CS(=O)(=O)C/C=C/C(C)=C/c1ccccc1. The van der Waals surface area contributed by atoms with Gasteiger partial charge in [-0.3, -0.25) is 0 Å². The van der Waals surface area contributed by atoms with Crippen LogP contribution in [0.2, 0.25) is 0 Å². The topological polar surface area (TPSA) is 34.1 Å². The summed E-state index contributed by atoms with van der Waals surface area (Å²) < 4.78 is 23.3. The Balaban J connectivity index is 2.63. The van der Waals surface area contributed by atoms with Crippen LogP contribution in [0.25, 0.3) is 6.08 Å². The zero-order valence-electron chi connectivity index (χ0n) is 11.5. The smallest absolute Gasteiger partial charge is 0.157 e. The van der Waals surface area contributed by atoms with Gasteiger partial charge < -0.3 is 0 Å². The molecule has 0 aliphatic carbocycles. The second kappa shape index (κ2) is 7.10. The minimum atomic E-state index is -3.06. The Bertz CT molecular complexity index is 578. The van der Waals surface area contributed by atoms with Crippen LogP contribution >= 0.6 is 0 Å². The van der Waals surface area contributed by atoms with Crippen LogP contribution in [0.15, 0.2) is 60.2 Å². The Morgan fingerprint density at radius 1 is 1.21 bits per heavy atom. The van der Waals surface area contributed by atoms with Crippen molar-refractivity contribution in [2.45, 2.75) is 13.8 Å². The summed E-state index contributed by atoms with van der Waals surface area (Å²) in [6, 6.07) is 9.93. The summed E-state index contributed by atoms with van der Waals surface area (Å²) in [5.41, 5.74) is 2.80. The fraction of sp³-hybridized carbons (Fsp3) is 0.250. The van der Waals surface area contributed by atoms with Crippen LogP contribution in [0.4, 0.5) is 0 Å². The average Bonchev–Trinajstić information content (AvgIpc) is 2.28. The maximum atomic E-state index is 11.6. The summed E-state index contributed by atoms with van der Waals surface area (Å²) in [4.78, 5) is 0. The Morgan fingerprint density at radius 2 is 1.84 bits per heavy atom. The molecular formula is C16H20O2S. The maximum Gasteiger partial charge on any atom is 0.157 e. The predicted octanol–water partition coefficient (Wildman–Crippen LogP) is 3.64. The lowest BCUT2D eigenvalue weighted by Crippen LogP contribution is -2.09. The zero-order valence-corrected chi connectivity index (χ0v) is 12.3. The first-order chi connectivity index (χ1) is 8.89. The second-order valence-corrected chi connectivity index (χ2v) is 6.82. The highest BCUT2D eigenvalue weighted by Gasteiger charge is 2.07. The molecule has 0 saturated heterocycles. The van der Waals surface area contributed by atoms with E-state index in [0.717, 1.165) is 11.1 Å². The van der Waals surface area contributed by atoms with Gasteiger partial charge in [0.2, 0.25) is 0 Å². The van der Waals surface area contributed by atoms with Gasteiger partial charge in [-0.05, 0) is 19.4 Å². The molecule has 0 atom stereocenters. The van der Waals surface area contributed by atoms with Crippen molar-refractivity contribution in [1.29, 1.82) is 0 Å². The molecule has 0 amide bonds. The van der Waals surface area contributed by atoms with E-state index < -0.39 is 9.84 Å². The number of sulfone groups is 1. The number of hydrogen-bond acceptors (Lipinski definition) is 2. The predicted molar refractivity (Wildman–Crippen MR) is 82.7 cm³/mol. The summed E-state index contributed by atoms with van der Waals surface area (Å²) in [5.74, 6) is 0.110. The van der Waals surface area contributed by atoms with Gasteiger partial charge in [-0.25, -0.2) is 8.42 Å². The molecule has 0 N–H and O–H groups in total. The van der Waals surface area contributed by atoms with Crippen molar-refractivity contribution in [2.24, 2.45) is 0 Å². The molecule has 0 spiro atoms. The molecule has 3 heteroatoms. The molecule has 0 aliphatic rings. The molecule has 0 saturated carbocycles. The molecule has 0 radical (unpaired) electrons. The van der Waals surface area contributed by atoms with Gasteiger partial charge in [-0.15, -0.1) is 0 Å². The minimum Gasteiger partial charge on any atom is -0.228 e. The fourth-order valence-corrected chi connectivity index (χ4v) is 2.93. The molecule has 1 aromatic carbocycles. The molecule has 1 aromatic rings. The van der Waals surface area contributed by atoms with Crippen molar-refractivity contribution >= 4 is 15.9 Å². The number of benzene rings is 1. The Morgan fingerprint density at radius 3 is 2.42 bits per heavy atom. The highest BCUT2D eigenvalue weighted by molar-refractivity contribution is 7.91. The van der Waals surface area contributed by atoms with E-state index >= 15 is 0 Å². The third-order valence-electron chi connectivity index (χ3n) is 2.39. The van der Waals surface area contributed by atoms with Gasteiger partial charge in [-0.1, -0.05) is 66.3 Å². The summed E-state index contributed by atoms with van der Waals surface area (Å²) >= 11 is 0. The molecule has 19 heavy (non-hydrogen) atoms. The number of rotatable bonds is 6. The molecule has 0 heterocycles. The van der Waals surface area contributed by atoms with Gasteiger partial charge >= 0.3 is 0 Å². The van der Waals surface area contributed by atoms with E-state index in [1.807, 2.05) is 49.4 Å². The number of allylic oxidation sites excluding steroid dienone is 2. The largest absolute Gasteiger partial charge is 0.228 e. The molecule has 0 aromatic heterocycles. The Labute approximate surface area is 116 Å². The van der Waals surface area contributed by atoms with Crippen LogP contribution in [0.5, 0.6) is 0 Å². The molecule has 102 valence electrons. The average molecular weight is 276 g/mol. The van der Waals surface area contributed by atoms with Crippen LogP contribution in [0.1, 0.15) is 19.4 Å². The first-order valence-corrected chi connectivity index (χ1v) is 7.96. The Hall–Kier alpha value is -1.61. The summed E-state index contributed by atoms with van der Waals surface area (Å²) in [7, 11) is -3.06. The maximum absolute atomic E-state index is 11.6. The third-order valence-corrected chi connectivity index (χ3v) is 4.02. The van der Waals surface area contributed by atoms with Gasteiger partial charge in [0.15, 0.2) is 9.84 Å². The van der Waals surface area contributed by atoms with Crippen LogP contribution in [-0.2, 0) is 9.84 Å². The zero-order chi connectivity index (χ0) is 14.3. The van der Waals surface area contributed by atoms with Gasteiger partial charge in [0.1, 0.15) is 0 Å². The van der Waals surface area contributed by atoms with E-state index in [4.69, 9.17) is 0 Å². The van der Waals surface area contributed by atoms with Crippen molar-refractivity contribution in [2.75, 3.05) is 11.5 Å². The van der Waals surface area contributed by atoms with Crippen LogP contribution < -0.4 is 0 Å². The summed E-state index contributed by atoms with van der Waals surface area (Å²) in [6.45, 7) is 7.30. The molecule has 1 rings (SSSR count). The van der Waals surface area contributed by atoms with E-state index in [1.54, 1.807) is 13.0 Å². The standard InChI is InChI=1S/C16H20O2S/c1-14(2)13-19(17,18)11-7-8-15(3)12-16-9-5-4-6-10-16/h4-10,12H,1,11,13H2,2-3H3/b8-7+,15-12+. The van der Waals surface area contributed by atoms with E-state index in [1.165, 1.54) is 0 Å². The van der Waals surface area contributed by atoms with E-state index in [-0.39, 0.29) is 11.5 Å². The van der Waals surface area contributed by atoms with Gasteiger partial charge in [0.25, 0.3) is 0 Å². The van der Waals surface area contributed by atoms with Crippen LogP contribution in [0, 0.1) is 0 Å². The third kappa shape index (κ3) is 6.77. The highest BCUT2D eigenvalue weighted by atomic mass is 32.2. The Kier molecular flexibility index (Phi) is 5.77. The molecule has 0 fully saturated rings.